The van der Waals surface area contributed by atoms with E-state index >= 15 is 0 Å². The number of amides is 1. The van der Waals surface area contributed by atoms with Crippen LogP contribution in [0.3, 0.4) is 0 Å². The van der Waals surface area contributed by atoms with Crippen molar-refractivity contribution in [1.82, 2.24) is 9.55 Å². The summed E-state index contributed by atoms with van der Waals surface area (Å²) in [5.41, 5.74) is 8.93. The Hall–Kier alpha value is -2.14. The summed E-state index contributed by atoms with van der Waals surface area (Å²) in [5.74, 6) is -0.0625. The molecule has 1 aromatic carbocycles. The number of rotatable bonds is 5. The number of aromatic nitrogens is 2. The molecule has 5 heteroatoms. The third-order valence-corrected chi connectivity index (χ3v) is 3.51. The molecule has 0 bridgehead atoms. The molecule has 2 aromatic rings. The number of nitrogens with zero attached hydrogens (tertiary/aromatic N) is 3. The van der Waals surface area contributed by atoms with Crippen LogP contribution in [0.15, 0.2) is 36.9 Å². The average molecular weight is 286 g/mol. The molecule has 0 saturated heterocycles. The minimum absolute atomic E-state index is 0.0625. The predicted octanol–water partition coefficient (Wildman–Crippen LogP) is 1.88. The second kappa shape index (κ2) is 6.54. The average Bonchev–Trinajstić information content (AvgIpc) is 2.94. The minimum Gasteiger partial charge on any atom is -0.336 e. The first kappa shape index (κ1) is 15.3. The Labute approximate surface area is 125 Å². The molecule has 0 aliphatic rings. The lowest BCUT2D eigenvalue weighted by Crippen LogP contribution is -2.44. The van der Waals surface area contributed by atoms with Gasteiger partial charge in [0.25, 0.3) is 0 Å². The summed E-state index contributed by atoms with van der Waals surface area (Å²) in [6.07, 6.45) is 5.37. The van der Waals surface area contributed by atoms with E-state index in [9.17, 15) is 4.79 Å². The molecule has 112 valence electrons. The van der Waals surface area contributed by atoms with Crippen LogP contribution in [0.2, 0.25) is 0 Å². The Morgan fingerprint density at radius 2 is 2.05 bits per heavy atom. The molecule has 0 aliphatic heterocycles. The van der Waals surface area contributed by atoms with Crippen LogP contribution in [0.25, 0.3) is 0 Å². The van der Waals surface area contributed by atoms with Crippen molar-refractivity contribution < 1.29 is 4.79 Å². The van der Waals surface area contributed by atoms with E-state index in [4.69, 9.17) is 5.73 Å². The molecule has 2 rings (SSSR count). The molecule has 1 aromatic heterocycles. The molecular weight excluding hydrogens is 264 g/mol. The normalized spacial score (nSPS) is 12.2. The number of carbonyl (C=O) groups is 1. The third kappa shape index (κ3) is 3.49. The highest BCUT2D eigenvalue weighted by atomic mass is 16.2. The van der Waals surface area contributed by atoms with Gasteiger partial charge >= 0.3 is 0 Å². The summed E-state index contributed by atoms with van der Waals surface area (Å²) in [4.78, 5) is 18.3. The maximum atomic E-state index is 12.5. The number of anilines is 1. The maximum absolute atomic E-state index is 12.5. The number of hydrogen-bond donors (Lipinski definition) is 1. The Morgan fingerprint density at radius 3 is 2.57 bits per heavy atom. The second-order valence-corrected chi connectivity index (χ2v) is 5.32. The first-order chi connectivity index (χ1) is 10.0. The van der Waals surface area contributed by atoms with Gasteiger partial charge in [0, 0.05) is 31.2 Å². The van der Waals surface area contributed by atoms with E-state index in [0.717, 1.165) is 16.8 Å². The van der Waals surface area contributed by atoms with Crippen LogP contribution >= 0.6 is 0 Å². The largest absolute Gasteiger partial charge is 0.336 e. The van der Waals surface area contributed by atoms with Crippen molar-refractivity contribution in [2.45, 2.75) is 33.4 Å². The number of aryl methyl sites for hydroxylation is 2. The number of nitrogens with two attached hydrogens (primary N) is 1. The standard InChI is InChI=1S/C16H22N4O/c1-12-5-4-6-13(2)15(12)20(16(21)14(3)17)10-9-19-8-7-18-11-19/h4-8,11,14H,9-10,17H2,1-3H3. The first-order valence-corrected chi connectivity index (χ1v) is 7.09. The number of hydrogen-bond acceptors (Lipinski definition) is 3. The van der Waals surface area contributed by atoms with E-state index in [1.807, 2.05) is 42.8 Å². The zero-order valence-electron chi connectivity index (χ0n) is 12.8. The molecule has 1 atom stereocenters. The molecular formula is C16H22N4O. The summed E-state index contributed by atoms with van der Waals surface area (Å²) in [7, 11) is 0. The SMILES string of the molecule is Cc1cccc(C)c1N(CCn1ccnc1)C(=O)C(C)N. The molecule has 21 heavy (non-hydrogen) atoms. The lowest BCUT2D eigenvalue weighted by atomic mass is 10.1. The van der Waals surface area contributed by atoms with E-state index in [1.165, 1.54) is 0 Å². The maximum Gasteiger partial charge on any atom is 0.243 e. The Kier molecular flexibility index (Phi) is 4.75. The van der Waals surface area contributed by atoms with Crippen molar-refractivity contribution in [2.24, 2.45) is 5.73 Å². The fraction of sp³-hybridized carbons (Fsp3) is 0.375. The molecule has 1 heterocycles. The molecule has 2 N–H and O–H groups in total. The van der Waals surface area contributed by atoms with Crippen molar-refractivity contribution in [2.75, 3.05) is 11.4 Å². The molecule has 0 saturated carbocycles. The molecule has 0 aliphatic carbocycles. The number of imidazole rings is 1. The van der Waals surface area contributed by atoms with E-state index in [0.29, 0.717) is 13.1 Å². The van der Waals surface area contributed by atoms with Gasteiger partial charge in [0.1, 0.15) is 0 Å². The fourth-order valence-electron chi connectivity index (χ4n) is 2.44. The molecule has 1 amide bonds. The van der Waals surface area contributed by atoms with Gasteiger partial charge < -0.3 is 15.2 Å². The van der Waals surface area contributed by atoms with E-state index < -0.39 is 6.04 Å². The zero-order chi connectivity index (χ0) is 15.4. The van der Waals surface area contributed by atoms with Crippen LogP contribution in [0.5, 0.6) is 0 Å². The molecule has 1 unspecified atom stereocenters. The zero-order valence-corrected chi connectivity index (χ0v) is 12.8. The molecule has 5 nitrogen and oxygen atoms in total. The molecule has 0 radical (unpaired) electrons. The van der Waals surface area contributed by atoms with Gasteiger partial charge in [0.15, 0.2) is 0 Å². The van der Waals surface area contributed by atoms with Gasteiger partial charge in [0.2, 0.25) is 5.91 Å². The van der Waals surface area contributed by atoms with Crippen LogP contribution in [0.1, 0.15) is 18.1 Å². The van der Waals surface area contributed by atoms with Crippen LogP contribution < -0.4 is 10.6 Å². The highest BCUT2D eigenvalue weighted by molar-refractivity contribution is 5.98. The smallest absolute Gasteiger partial charge is 0.243 e. The van der Waals surface area contributed by atoms with Gasteiger partial charge in [-0.15, -0.1) is 0 Å². The van der Waals surface area contributed by atoms with Crippen molar-refractivity contribution in [1.29, 1.82) is 0 Å². The molecule has 0 fully saturated rings. The van der Waals surface area contributed by atoms with Crippen molar-refractivity contribution in [3.63, 3.8) is 0 Å². The van der Waals surface area contributed by atoms with E-state index in [-0.39, 0.29) is 5.91 Å². The van der Waals surface area contributed by atoms with Gasteiger partial charge in [-0.1, -0.05) is 18.2 Å². The topological polar surface area (TPSA) is 64.2 Å². The first-order valence-electron chi connectivity index (χ1n) is 7.09. The van der Waals surface area contributed by atoms with Gasteiger partial charge in [-0.05, 0) is 31.9 Å². The van der Waals surface area contributed by atoms with Crippen LogP contribution in [-0.4, -0.2) is 28.0 Å². The predicted molar refractivity (Wildman–Crippen MR) is 84.1 cm³/mol. The summed E-state index contributed by atoms with van der Waals surface area (Å²) in [5, 5.41) is 0. The summed E-state index contributed by atoms with van der Waals surface area (Å²) >= 11 is 0. The highest BCUT2D eigenvalue weighted by Crippen LogP contribution is 2.25. The number of para-hydroxylation sites is 1. The van der Waals surface area contributed by atoms with E-state index in [2.05, 4.69) is 4.98 Å². The van der Waals surface area contributed by atoms with Crippen LogP contribution in [0.4, 0.5) is 5.69 Å². The lowest BCUT2D eigenvalue weighted by Gasteiger charge is -2.28. The molecule has 0 spiro atoms. The van der Waals surface area contributed by atoms with Gasteiger partial charge in [-0.2, -0.15) is 0 Å². The van der Waals surface area contributed by atoms with E-state index in [1.54, 1.807) is 24.3 Å². The van der Waals surface area contributed by atoms with Crippen molar-refractivity contribution >= 4 is 11.6 Å². The summed E-state index contributed by atoms with van der Waals surface area (Å²) in [6.45, 7) is 7.01. The summed E-state index contributed by atoms with van der Waals surface area (Å²) < 4.78 is 1.95. The second-order valence-electron chi connectivity index (χ2n) is 5.32. The quantitative estimate of drug-likeness (QED) is 0.912. The Balaban J connectivity index is 2.29. The monoisotopic (exact) mass is 286 g/mol. The lowest BCUT2D eigenvalue weighted by molar-refractivity contribution is -0.119. The Morgan fingerprint density at radius 1 is 1.38 bits per heavy atom. The highest BCUT2D eigenvalue weighted by Gasteiger charge is 2.21. The minimum atomic E-state index is -0.521. The van der Waals surface area contributed by atoms with Crippen LogP contribution in [0, 0.1) is 13.8 Å². The van der Waals surface area contributed by atoms with Gasteiger partial charge in [-0.25, -0.2) is 4.98 Å². The van der Waals surface area contributed by atoms with Crippen molar-refractivity contribution in [3.05, 3.63) is 48.0 Å². The third-order valence-electron chi connectivity index (χ3n) is 3.51. The van der Waals surface area contributed by atoms with Gasteiger partial charge in [-0.3, -0.25) is 4.79 Å². The van der Waals surface area contributed by atoms with Gasteiger partial charge in [0.05, 0.1) is 12.4 Å². The Bertz CT molecular complexity index is 584. The fourth-order valence-corrected chi connectivity index (χ4v) is 2.44. The number of carbonyl (C=O) groups excluding carboxylic acids is 1. The summed E-state index contributed by atoms with van der Waals surface area (Å²) in [6, 6.07) is 5.51. The number of benzene rings is 1. The van der Waals surface area contributed by atoms with Crippen LogP contribution in [-0.2, 0) is 11.3 Å². The van der Waals surface area contributed by atoms with Crippen molar-refractivity contribution in [3.8, 4) is 0 Å².